The van der Waals surface area contributed by atoms with Gasteiger partial charge in [-0.3, -0.25) is 19.0 Å². The first-order valence-electron chi connectivity index (χ1n) is 11.5. The number of nitrogens with one attached hydrogen (secondary N) is 1. The predicted octanol–water partition coefficient (Wildman–Crippen LogP) is 6.85. The summed E-state index contributed by atoms with van der Waals surface area (Å²) in [6, 6.07) is 16.4. The zero-order valence-electron chi connectivity index (χ0n) is 20.4. The van der Waals surface area contributed by atoms with Gasteiger partial charge in [0.2, 0.25) is 5.91 Å². The minimum absolute atomic E-state index is 0.0762. The van der Waals surface area contributed by atoms with Crippen molar-refractivity contribution < 1.29 is 9.59 Å². The van der Waals surface area contributed by atoms with E-state index in [9.17, 15) is 14.4 Å². The number of ketones is 1. The van der Waals surface area contributed by atoms with Crippen molar-refractivity contribution in [2.45, 2.75) is 34.2 Å². The molecule has 0 spiro atoms. The van der Waals surface area contributed by atoms with Crippen molar-refractivity contribution in [3.8, 4) is 22.4 Å². The van der Waals surface area contributed by atoms with E-state index in [1.165, 1.54) is 18.4 Å². The number of hydrogen-bond acceptors (Lipinski definition) is 4. The van der Waals surface area contributed by atoms with Gasteiger partial charge in [-0.2, -0.15) is 0 Å². The summed E-state index contributed by atoms with van der Waals surface area (Å²) < 4.78 is 1.51. The fourth-order valence-corrected chi connectivity index (χ4v) is 4.59. The third-order valence-corrected chi connectivity index (χ3v) is 6.30. The molecule has 0 bridgehead atoms. The van der Waals surface area contributed by atoms with E-state index in [1.54, 1.807) is 18.2 Å². The molecular weight excluding hydrogens is 497 g/mol. The number of carbonyl (C=O) groups is 2. The molecule has 0 unspecified atom stereocenters. The van der Waals surface area contributed by atoms with E-state index < -0.39 is 17.2 Å². The van der Waals surface area contributed by atoms with Crippen molar-refractivity contribution in [1.29, 1.82) is 0 Å². The molecule has 2 aromatic heterocycles. The van der Waals surface area contributed by atoms with Crippen LogP contribution in [0.5, 0.6) is 0 Å². The summed E-state index contributed by atoms with van der Waals surface area (Å²) in [5.41, 5.74) is 2.71. The van der Waals surface area contributed by atoms with Gasteiger partial charge in [0.15, 0.2) is 5.78 Å². The third kappa shape index (κ3) is 4.92. The number of hydrogen-bond donors (Lipinski definition) is 1. The van der Waals surface area contributed by atoms with E-state index in [4.69, 9.17) is 28.2 Å². The standard InChI is InChI=1S/C28H25Cl2N3O3/c1-15(2)14-33-27-22(26(31-17(4)35)24(16(3)34)28(33)36)13-21(18-9-11-19(29)12-10-18)25(32-27)20-7-5-6-8-23(20)30/h5-13,15H,14H2,1-4H3,(H,31,35). The Hall–Kier alpha value is -3.48. The fraction of sp³-hybridized carbons (Fsp3) is 0.214. The van der Waals surface area contributed by atoms with Gasteiger partial charge in [0.05, 0.1) is 11.4 Å². The van der Waals surface area contributed by atoms with E-state index in [1.807, 2.05) is 50.2 Å². The molecule has 36 heavy (non-hydrogen) atoms. The molecule has 0 fully saturated rings. The summed E-state index contributed by atoms with van der Waals surface area (Å²) in [7, 11) is 0. The van der Waals surface area contributed by atoms with Crippen LogP contribution in [-0.4, -0.2) is 21.2 Å². The molecule has 4 rings (SSSR count). The van der Waals surface area contributed by atoms with Crippen LogP contribution in [0.15, 0.2) is 59.4 Å². The summed E-state index contributed by atoms with van der Waals surface area (Å²) in [5.74, 6) is -0.742. The Balaban J connectivity index is 2.23. The SMILES string of the molecule is CC(=O)Nc1c(C(C)=O)c(=O)n(CC(C)C)c2nc(-c3ccccc3Cl)c(-c3ccc(Cl)cc3)cc12. The highest BCUT2D eigenvalue weighted by Gasteiger charge is 2.25. The van der Waals surface area contributed by atoms with Gasteiger partial charge in [-0.15, -0.1) is 0 Å². The van der Waals surface area contributed by atoms with E-state index in [2.05, 4.69) is 5.32 Å². The van der Waals surface area contributed by atoms with Gasteiger partial charge in [0, 0.05) is 40.0 Å². The van der Waals surface area contributed by atoms with Crippen molar-refractivity contribution in [3.63, 3.8) is 0 Å². The molecular formula is C28H25Cl2N3O3. The number of halogens is 2. The lowest BCUT2D eigenvalue weighted by Gasteiger charge is -2.20. The predicted molar refractivity (Wildman–Crippen MR) is 146 cm³/mol. The number of anilines is 1. The van der Waals surface area contributed by atoms with Crippen LogP contribution in [0.4, 0.5) is 5.69 Å². The minimum atomic E-state index is -0.496. The molecule has 0 aliphatic heterocycles. The van der Waals surface area contributed by atoms with Gasteiger partial charge >= 0.3 is 0 Å². The van der Waals surface area contributed by atoms with E-state index >= 15 is 0 Å². The van der Waals surface area contributed by atoms with Crippen molar-refractivity contribution >= 4 is 51.6 Å². The zero-order valence-corrected chi connectivity index (χ0v) is 21.9. The molecule has 0 saturated carbocycles. The molecule has 0 saturated heterocycles. The summed E-state index contributed by atoms with van der Waals surface area (Å²) in [6.07, 6.45) is 0. The Morgan fingerprint density at radius 3 is 2.25 bits per heavy atom. The Labute approximate surface area is 218 Å². The second-order valence-corrected chi connectivity index (χ2v) is 9.88. The summed E-state index contributed by atoms with van der Waals surface area (Å²) in [4.78, 5) is 43.4. The minimum Gasteiger partial charge on any atom is -0.325 e. The molecule has 1 amide bonds. The highest BCUT2D eigenvalue weighted by molar-refractivity contribution is 6.33. The number of fused-ring (bicyclic) bond motifs is 1. The molecule has 0 aliphatic rings. The Morgan fingerprint density at radius 1 is 1.00 bits per heavy atom. The summed E-state index contributed by atoms with van der Waals surface area (Å²) >= 11 is 12.7. The summed E-state index contributed by atoms with van der Waals surface area (Å²) in [5, 5.41) is 4.28. The lowest BCUT2D eigenvalue weighted by molar-refractivity contribution is -0.114. The first-order valence-corrected chi connectivity index (χ1v) is 12.2. The van der Waals surface area contributed by atoms with Crippen LogP contribution in [0, 0.1) is 5.92 Å². The number of rotatable bonds is 6. The van der Waals surface area contributed by atoms with Gasteiger partial charge in [-0.05, 0) is 42.7 Å². The van der Waals surface area contributed by atoms with E-state index in [0.717, 1.165) is 5.56 Å². The largest absolute Gasteiger partial charge is 0.325 e. The van der Waals surface area contributed by atoms with Crippen LogP contribution >= 0.6 is 23.2 Å². The molecule has 184 valence electrons. The monoisotopic (exact) mass is 521 g/mol. The number of aromatic nitrogens is 2. The molecule has 2 aromatic carbocycles. The van der Waals surface area contributed by atoms with Gasteiger partial charge < -0.3 is 5.32 Å². The van der Waals surface area contributed by atoms with Gasteiger partial charge in [0.25, 0.3) is 5.56 Å². The van der Waals surface area contributed by atoms with Crippen LogP contribution in [0.25, 0.3) is 33.4 Å². The number of carbonyl (C=O) groups excluding carboxylic acids is 2. The Bertz CT molecular complexity index is 1560. The van der Waals surface area contributed by atoms with Crippen molar-refractivity contribution in [3.05, 3.63) is 80.6 Å². The molecule has 2 heterocycles. The lowest BCUT2D eigenvalue weighted by Crippen LogP contribution is -2.30. The first kappa shape index (κ1) is 25.6. The maximum absolute atomic E-state index is 13.6. The van der Waals surface area contributed by atoms with Crippen LogP contribution < -0.4 is 10.9 Å². The number of benzene rings is 2. The van der Waals surface area contributed by atoms with Crippen molar-refractivity contribution in [2.24, 2.45) is 5.92 Å². The average Bonchev–Trinajstić information content (AvgIpc) is 2.81. The normalized spacial score (nSPS) is 11.2. The topological polar surface area (TPSA) is 81.1 Å². The highest BCUT2D eigenvalue weighted by Crippen LogP contribution is 2.39. The van der Waals surface area contributed by atoms with Crippen LogP contribution in [0.1, 0.15) is 38.1 Å². The van der Waals surface area contributed by atoms with Crippen molar-refractivity contribution in [1.82, 2.24) is 9.55 Å². The van der Waals surface area contributed by atoms with Crippen molar-refractivity contribution in [2.75, 3.05) is 5.32 Å². The smallest absolute Gasteiger partial charge is 0.265 e. The number of pyridine rings is 2. The maximum Gasteiger partial charge on any atom is 0.265 e. The quantitative estimate of drug-likeness (QED) is 0.281. The number of Topliss-reactive ketones (excluding diaryl/α,β-unsaturated/α-hetero) is 1. The van der Waals surface area contributed by atoms with Gasteiger partial charge in [-0.25, -0.2) is 4.98 Å². The Kier molecular flexibility index (Phi) is 7.29. The molecule has 6 nitrogen and oxygen atoms in total. The molecule has 4 aromatic rings. The molecule has 0 aliphatic carbocycles. The molecule has 1 N–H and O–H groups in total. The zero-order chi connectivity index (χ0) is 26.1. The van der Waals surface area contributed by atoms with E-state index in [-0.39, 0.29) is 17.2 Å². The third-order valence-electron chi connectivity index (χ3n) is 5.72. The highest BCUT2D eigenvalue weighted by atomic mass is 35.5. The second kappa shape index (κ2) is 10.2. The van der Waals surface area contributed by atoms with Crippen LogP contribution in [0.3, 0.4) is 0 Å². The van der Waals surface area contributed by atoms with Crippen LogP contribution in [-0.2, 0) is 11.3 Å². The van der Waals surface area contributed by atoms with E-state index in [0.29, 0.717) is 44.4 Å². The fourth-order valence-electron chi connectivity index (χ4n) is 4.24. The summed E-state index contributed by atoms with van der Waals surface area (Å²) in [6.45, 7) is 6.94. The first-order chi connectivity index (χ1) is 17.1. The molecule has 8 heteroatoms. The lowest BCUT2D eigenvalue weighted by atomic mass is 9.96. The number of nitrogens with zero attached hydrogens (tertiary/aromatic N) is 2. The number of amides is 1. The molecule has 0 radical (unpaired) electrons. The maximum atomic E-state index is 13.6. The van der Waals surface area contributed by atoms with Gasteiger partial charge in [-0.1, -0.05) is 67.4 Å². The van der Waals surface area contributed by atoms with Crippen LogP contribution in [0.2, 0.25) is 10.0 Å². The second-order valence-electron chi connectivity index (χ2n) is 9.04. The average molecular weight is 522 g/mol. The Morgan fingerprint density at radius 2 is 1.67 bits per heavy atom. The van der Waals surface area contributed by atoms with Gasteiger partial charge in [0.1, 0.15) is 11.2 Å². The molecule has 0 atom stereocenters.